The number of hydrogen-bond donors (Lipinski definition) is 4. The molecule has 3 fully saturated rings. The molecule has 3 aliphatic heterocycles. The van der Waals surface area contributed by atoms with Gasteiger partial charge >= 0.3 is 11.4 Å². The van der Waals surface area contributed by atoms with Crippen molar-refractivity contribution in [3.05, 3.63) is 54.4 Å². The topological polar surface area (TPSA) is 227 Å². The molecule has 0 aromatic carbocycles. The molecule has 18 heteroatoms. The normalized spacial score (nSPS) is 17.3. The molecule has 54 heavy (non-hydrogen) atoms. The second-order valence-corrected chi connectivity index (χ2v) is 14.2. The van der Waals surface area contributed by atoms with Crippen LogP contribution in [0, 0.1) is 61.8 Å². The smallest absolute Gasteiger partial charge is 0.312 e. The molecule has 0 saturated carbocycles. The van der Waals surface area contributed by atoms with Gasteiger partial charge in [-0.2, -0.15) is 15.3 Å². The number of aliphatic hydroxyl groups excluding tert-OH is 2. The average Bonchev–Trinajstić information content (AvgIpc) is 3.70. The predicted octanol–water partition coefficient (Wildman–Crippen LogP) is 4.67. The number of aryl methyl sites for hydroxylation is 4. The summed E-state index contributed by atoms with van der Waals surface area (Å²) in [6.07, 6.45) is 6.26. The van der Waals surface area contributed by atoms with Crippen molar-refractivity contribution in [3.63, 3.8) is 0 Å². The van der Waals surface area contributed by atoms with Crippen molar-refractivity contribution in [2.75, 3.05) is 72.8 Å². The van der Waals surface area contributed by atoms with Gasteiger partial charge in [0.1, 0.15) is 22.8 Å². The number of aromatic amines is 1. The average molecular weight is 765 g/mol. The summed E-state index contributed by atoms with van der Waals surface area (Å²) in [4.78, 5) is 27.3. The summed E-state index contributed by atoms with van der Waals surface area (Å²) < 4.78 is 3.97. The van der Waals surface area contributed by atoms with E-state index in [1.165, 1.54) is 12.8 Å². The zero-order valence-corrected chi connectivity index (χ0v) is 33.5. The van der Waals surface area contributed by atoms with E-state index in [4.69, 9.17) is 15.9 Å². The van der Waals surface area contributed by atoms with Crippen LogP contribution in [-0.2, 0) is 0 Å². The molecular formula is C36H68N12O6. The van der Waals surface area contributed by atoms with E-state index in [1.807, 2.05) is 11.6 Å². The third-order valence-corrected chi connectivity index (χ3v) is 9.88. The van der Waals surface area contributed by atoms with E-state index in [0.29, 0.717) is 34.9 Å². The summed E-state index contributed by atoms with van der Waals surface area (Å²) in [5.74, 6) is 0. The third-order valence-electron chi connectivity index (χ3n) is 9.88. The molecule has 6 rings (SSSR count). The summed E-state index contributed by atoms with van der Waals surface area (Å²) in [5, 5.41) is 52.8. The minimum absolute atomic E-state index is 0. The van der Waals surface area contributed by atoms with Crippen LogP contribution >= 0.6 is 0 Å². The Kier molecular flexibility index (Phi) is 20.5. The number of anilines is 1. The molecule has 0 radical (unpaired) electrons. The number of aliphatic hydroxyl groups is 2. The summed E-state index contributed by atoms with van der Waals surface area (Å²) in [7, 11) is 6.36. The largest absolute Gasteiger partial charge is 0.397 e. The zero-order valence-electron chi connectivity index (χ0n) is 33.5. The van der Waals surface area contributed by atoms with E-state index in [1.54, 1.807) is 34.6 Å². The number of nitrogen functional groups attached to an aromatic ring is 1. The SMILES string of the molecule is C.CCO.CN1CCC(O)CC1.Cc1n[nH]c(C)c1[N+](=O)[O-].Cc1nn(C2CCN(C)CC2)c(C)c1N.Cc1nn(C2CCN(C)CC2)c(C)c1[N+](=O)[O-]. The van der Waals surface area contributed by atoms with Crippen molar-refractivity contribution in [1.29, 1.82) is 0 Å². The molecule has 3 aromatic rings. The first kappa shape index (κ1) is 48.0. The fraction of sp³-hybridized carbons (Fsp3) is 0.750. The molecule has 0 amide bonds. The maximum absolute atomic E-state index is 10.9. The van der Waals surface area contributed by atoms with E-state index in [0.717, 1.165) is 82.0 Å². The van der Waals surface area contributed by atoms with E-state index in [-0.39, 0.29) is 36.4 Å². The van der Waals surface area contributed by atoms with Gasteiger partial charge in [0, 0.05) is 19.7 Å². The number of nitro groups is 2. The molecule has 6 heterocycles. The third kappa shape index (κ3) is 14.0. The van der Waals surface area contributed by atoms with Gasteiger partial charge in [0.2, 0.25) is 0 Å². The monoisotopic (exact) mass is 765 g/mol. The maximum Gasteiger partial charge on any atom is 0.312 e. The minimum Gasteiger partial charge on any atom is -0.397 e. The first-order chi connectivity index (χ1) is 24.9. The van der Waals surface area contributed by atoms with Crippen LogP contribution in [0.1, 0.15) is 99.1 Å². The van der Waals surface area contributed by atoms with Crippen LogP contribution in [-0.4, -0.2) is 138 Å². The number of nitrogens with two attached hydrogens (primary N) is 1. The number of aromatic nitrogens is 6. The Morgan fingerprint density at radius 1 is 0.704 bits per heavy atom. The van der Waals surface area contributed by atoms with Gasteiger partial charge in [-0.1, -0.05) is 7.43 Å². The van der Waals surface area contributed by atoms with Gasteiger partial charge in [-0.05, 0) is 134 Å². The lowest BCUT2D eigenvalue weighted by atomic mass is 10.1. The number of hydrogen-bond acceptors (Lipinski definition) is 13. The van der Waals surface area contributed by atoms with Gasteiger partial charge < -0.3 is 30.6 Å². The van der Waals surface area contributed by atoms with Gasteiger partial charge in [-0.3, -0.25) is 34.7 Å². The number of piperidine rings is 3. The number of H-pyrrole nitrogens is 1. The zero-order chi connectivity index (χ0) is 40.0. The van der Waals surface area contributed by atoms with Crippen LogP contribution < -0.4 is 5.73 Å². The molecule has 3 aromatic heterocycles. The Morgan fingerprint density at radius 2 is 1.07 bits per heavy atom. The highest BCUT2D eigenvalue weighted by Gasteiger charge is 2.27. The van der Waals surface area contributed by atoms with Gasteiger partial charge in [0.15, 0.2) is 0 Å². The Balaban J connectivity index is 0.000000361. The highest BCUT2D eigenvalue weighted by molar-refractivity contribution is 5.47. The summed E-state index contributed by atoms with van der Waals surface area (Å²) in [6.45, 7) is 19.2. The highest BCUT2D eigenvalue weighted by Crippen LogP contribution is 2.29. The molecule has 3 aliphatic rings. The number of nitrogens with one attached hydrogen (secondary N) is 1. The fourth-order valence-electron chi connectivity index (χ4n) is 6.59. The van der Waals surface area contributed by atoms with Crippen LogP contribution in [0.25, 0.3) is 0 Å². The second kappa shape index (κ2) is 23.1. The maximum atomic E-state index is 10.9. The molecule has 0 bridgehead atoms. The van der Waals surface area contributed by atoms with Crippen LogP contribution in [0.3, 0.4) is 0 Å². The second-order valence-electron chi connectivity index (χ2n) is 14.2. The summed E-state index contributed by atoms with van der Waals surface area (Å²) >= 11 is 0. The molecular weight excluding hydrogens is 696 g/mol. The molecule has 0 aliphatic carbocycles. The van der Waals surface area contributed by atoms with Gasteiger partial charge in [0.05, 0.1) is 45.1 Å². The van der Waals surface area contributed by atoms with Crippen LogP contribution in [0.2, 0.25) is 0 Å². The van der Waals surface area contributed by atoms with Crippen molar-refractivity contribution in [1.82, 2.24) is 44.5 Å². The van der Waals surface area contributed by atoms with Crippen LogP contribution in [0.4, 0.5) is 17.1 Å². The van der Waals surface area contributed by atoms with E-state index in [9.17, 15) is 20.2 Å². The van der Waals surface area contributed by atoms with Crippen molar-refractivity contribution >= 4 is 17.1 Å². The van der Waals surface area contributed by atoms with Crippen molar-refractivity contribution in [2.45, 2.75) is 113 Å². The Labute approximate surface area is 321 Å². The lowest BCUT2D eigenvalue weighted by Gasteiger charge is -2.29. The van der Waals surface area contributed by atoms with E-state index < -0.39 is 4.92 Å². The Morgan fingerprint density at radius 3 is 1.35 bits per heavy atom. The lowest BCUT2D eigenvalue weighted by molar-refractivity contribution is -0.386. The fourth-order valence-corrected chi connectivity index (χ4v) is 6.59. The number of rotatable bonds is 4. The first-order valence-corrected chi connectivity index (χ1v) is 18.4. The molecule has 0 atom stereocenters. The van der Waals surface area contributed by atoms with Crippen molar-refractivity contribution in [3.8, 4) is 0 Å². The molecule has 3 saturated heterocycles. The molecule has 0 spiro atoms. The standard InChI is InChI=1S/C11H18N4O2.C11H20N4.C6H13NO.C5H7N3O2.C2H6O.CH4/c1-8-11(15(16)17)9(2)14(12-8)10-4-6-13(3)7-5-10;1-8-11(12)9(2)15(13-8)10-4-6-14(3)7-5-10;1-7-4-2-6(8)3-5-7;1-3-5(8(9)10)4(2)7-6-3;1-2-3;/h10H,4-7H2,1-3H3;10H,4-7,12H2,1-3H3;6,8H,2-5H2,1H3;1-2H3,(H,6,7);3H,2H2,1H3;1H4. The Hall–Kier alpha value is -3.97. The molecule has 18 nitrogen and oxygen atoms in total. The number of likely N-dealkylation sites (tertiary alicyclic amines) is 3. The van der Waals surface area contributed by atoms with Crippen molar-refractivity contribution in [2.24, 2.45) is 0 Å². The quantitative estimate of drug-likeness (QED) is 0.210. The van der Waals surface area contributed by atoms with Gasteiger partial charge in [-0.25, -0.2) is 0 Å². The van der Waals surface area contributed by atoms with Gasteiger partial charge in [0.25, 0.3) is 0 Å². The molecule has 5 N–H and O–H groups in total. The first-order valence-electron chi connectivity index (χ1n) is 18.4. The molecule has 0 unspecified atom stereocenters. The van der Waals surface area contributed by atoms with E-state index in [2.05, 4.69) is 67.8 Å². The highest BCUT2D eigenvalue weighted by atomic mass is 16.6. The van der Waals surface area contributed by atoms with Crippen LogP contribution in [0.5, 0.6) is 0 Å². The van der Waals surface area contributed by atoms with Gasteiger partial charge in [-0.15, -0.1) is 0 Å². The number of nitrogens with zero attached hydrogens (tertiary/aromatic N) is 10. The minimum atomic E-state index is -0.436. The lowest BCUT2D eigenvalue weighted by Crippen LogP contribution is -2.32. The van der Waals surface area contributed by atoms with E-state index >= 15 is 0 Å². The molecule has 308 valence electrons. The Bertz CT molecular complexity index is 1530. The predicted molar refractivity (Wildman–Crippen MR) is 213 cm³/mol. The van der Waals surface area contributed by atoms with Crippen LogP contribution in [0.15, 0.2) is 0 Å². The summed E-state index contributed by atoms with van der Waals surface area (Å²) in [6, 6.07) is 0.843. The summed E-state index contributed by atoms with van der Waals surface area (Å²) in [5.41, 5.74) is 11.3. The van der Waals surface area contributed by atoms with Crippen molar-refractivity contribution < 1.29 is 20.1 Å².